The molecule has 0 aliphatic rings. The van der Waals surface area contributed by atoms with E-state index in [0.717, 1.165) is 0 Å². The highest BCUT2D eigenvalue weighted by Gasteiger charge is 2.13. The van der Waals surface area contributed by atoms with E-state index in [1.54, 1.807) is 4.90 Å². The van der Waals surface area contributed by atoms with Crippen LogP contribution in [0.25, 0.3) is 0 Å². The molecule has 1 aromatic carbocycles. The maximum absolute atomic E-state index is 4.48. The minimum atomic E-state index is 1.22. The fourth-order valence-electron chi connectivity index (χ4n) is 9.48. The minimum absolute atomic E-state index is 1.22. The van der Waals surface area contributed by atoms with Gasteiger partial charge in [0, 0.05) is 14.7 Å². The molecular weight excluding hydrogens is 829 g/mol. The SMILES string of the molecule is [CH2]c1cc(SCCCCCCCCCCCCCCCCCC)c(SCCCCCCCCCCCCCCCCCC)c(SCCCCCCCCCCCCCCCCCC)c1. The summed E-state index contributed by atoms with van der Waals surface area (Å²) < 4.78 is 0. The van der Waals surface area contributed by atoms with Crippen molar-refractivity contribution >= 4 is 35.3 Å². The van der Waals surface area contributed by atoms with Crippen LogP contribution in [0.15, 0.2) is 26.8 Å². The third-order valence-corrected chi connectivity index (χ3v) is 17.6. The van der Waals surface area contributed by atoms with E-state index in [4.69, 9.17) is 0 Å². The Balaban J connectivity index is 2.35. The van der Waals surface area contributed by atoms with Crippen LogP contribution in [0.2, 0.25) is 0 Å². The summed E-state index contributed by atoms with van der Waals surface area (Å²) in [6, 6.07) is 4.84. The quantitative estimate of drug-likeness (QED) is 0.0472. The van der Waals surface area contributed by atoms with E-state index in [9.17, 15) is 0 Å². The van der Waals surface area contributed by atoms with Crippen LogP contribution in [0, 0.1) is 6.92 Å². The molecule has 0 nitrogen and oxygen atoms in total. The average Bonchev–Trinajstić information content (AvgIpc) is 3.30. The molecule has 0 aromatic heterocycles. The monoisotopic (exact) mass is 944 g/mol. The minimum Gasteiger partial charge on any atom is -0.125 e. The molecule has 1 radical (unpaired) electrons. The first-order valence-corrected chi connectivity index (χ1v) is 32.6. The molecule has 0 N–H and O–H groups in total. The highest BCUT2D eigenvalue weighted by Crippen LogP contribution is 2.41. The number of benzene rings is 1. The molecule has 0 saturated heterocycles. The molecule has 0 fully saturated rings. The predicted molar refractivity (Wildman–Crippen MR) is 302 cm³/mol. The highest BCUT2D eigenvalue weighted by molar-refractivity contribution is 8.03. The van der Waals surface area contributed by atoms with Crippen molar-refractivity contribution in [2.24, 2.45) is 0 Å². The van der Waals surface area contributed by atoms with Crippen molar-refractivity contribution in [3.63, 3.8) is 0 Å². The third-order valence-electron chi connectivity index (χ3n) is 13.8. The number of unbranched alkanes of at least 4 members (excludes halogenated alkanes) is 45. The van der Waals surface area contributed by atoms with Gasteiger partial charge in [-0.2, -0.15) is 0 Å². The second kappa shape index (κ2) is 52.6. The summed E-state index contributed by atoms with van der Waals surface area (Å²) in [5.41, 5.74) is 1.22. The fraction of sp³-hybridized carbons (Fsp3) is 0.885. The Morgan fingerprint density at radius 3 is 0.625 bits per heavy atom. The smallest absolute Gasteiger partial charge is 0.0344 e. The van der Waals surface area contributed by atoms with Crippen molar-refractivity contribution in [2.75, 3.05) is 17.3 Å². The van der Waals surface area contributed by atoms with Crippen molar-refractivity contribution in [2.45, 2.75) is 344 Å². The summed E-state index contributed by atoms with van der Waals surface area (Å²) in [6.45, 7) is 11.4. The molecule has 0 aliphatic heterocycles. The standard InChI is InChI=1S/C61H115S3/c1-5-8-11-14-17-20-23-26-29-32-35-38-41-44-47-50-53-62-59-56-58(4)57-60(63-54-51-48-45-42-39-36-33-30-27-24-21-18-15-12-9-6-2)61(59)64-55-52-49-46-43-40-37-34-31-28-25-22-19-16-13-10-7-3/h56-57H,4-55H2,1-3H3. The zero-order valence-corrected chi connectivity index (χ0v) is 46.6. The molecule has 0 amide bonds. The first kappa shape index (κ1) is 62.3. The van der Waals surface area contributed by atoms with E-state index in [1.165, 1.54) is 341 Å². The van der Waals surface area contributed by atoms with E-state index in [2.05, 4.69) is 75.1 Å². The number of thioether (sulfide) groups is 3. The normalized spacial score (nSPS) is 11.7. The van der Waals surface area contributed by atoms with Crippen LogP contribution in [0.4, 0.5) is 0 Å². The Morgan fingerprint density at radius 2 is 0.422 bits per heavy atom. The Hall–Kier alpha value is 0.270. The maximum Gasteiger partial charge on any atom is 0.0344 e. The maximum atomic E-state index is 4.48. The van der Waals surface area contributed by atoms with Crippen LogP contribution in [0.3, 0.4) is 0 Å². The van der Waals surface area contributed by atoms with Gasteiger partial charge in [-0.15, -0.1) is 35.3 Å². The molecule has 64 heavy (non-hydrogen) atoms. The van der Waals surface area contributed by atoms with Gasteiger partial charge in [-0.25, -0.2) is 0 Å². The highest BCUT2D eigenvalue weighted by atomic mass is 32.2. The Bertz CT molecular complexity index is 977. The molecule has 377 valence electrons. The van der Waals surface area contributed by atoms with Crippen LogP contribution in [0.1, 0.15) is 335 Å². The third kappa shape index (κ3) is 43.5. The molecule has 0 heterocycles. The molecule has 0 aliphatic carbocycles. The number of rotatable bonds is 54. The summed E-state index contributed by atoms with van der Waals surface area (Å²) in [5.74, 6) is 3.80. The summed E-state index contributed by atoms with van der Waals surface area (Å²) in [6.07, 6.45) is 69.3. The second-order valence-corrected chi connectivity index (χ2v) is 23.8. The lowest BCUT2D eigenvalue weighted by atomic mass is 10.0. The van der Waals surface area contributed by atoms with E-state index < -0.39 is 0 Å². The van der Waals surface area contributed by atoms with Gasteiger partial charge < -0.3 is 0 Å². The van der Waals surface area contributed by atoms with Crippen molar-refractivity contribution in [3.05, 3.63) is 24.6 Å². The lowest BCUT2D eigenvalue weighted by Gasteiger charge is -2.16. The van der Waals surface area contributed by atoms with Gasteiger partial charge in [-0.05, 0) is 61.1 Å². The fourth-order valence-corrected chi connectivity index (χ4v) is 13.3. The lowest BCUT2D eigenvalue weighted by molar-refractivity contribution is 0.531. The molecule has 0 spiro atoms. The topological polar surface area (TPSA) is 0 Å². The van der Waals surface area contributed by atoms with Crippen LogP contribution in [-0.4, -0.2) is 17.3 Å². The molecule has 3 heteroatoms. The first-order valence-electron chi connectivity index (χ1n) is 29.6. The van der Waals surface area contributed by atoms with E-state index in [0.29, 0.717) is 0 Å². The largest absolute Gasteiger partial charge is 0.125 e. The van der Waals surface area contributed by atoms with Crippen molar-refractivity contribution in [1.82, 2.24) is 0 Å². The molecular formula is C61H115S3. The van der Waals surface area contributed by atoms with Gasteiger partial charge in [0.05, 0.1) is 0 Å². The first-order chi connectivity index (χ1) is 31.7. The van der Waals surface area contributed by atoms with Gasteiger partial charge in [0.1, 0.15) is 0 Å². The summed E-state index contributed by atoms with van der Waals surface area (Å²) >= 11 is 6.46. The number of hydrogen-bond acceptors (Lipinski definition) is 3. The molecule has 0 bridgehead atoms. The second-order valence-electron chi connectivity index (χ2n) is 20.4. The zero-order chi connectivity index (χ0) is 45.9. The van der Waals surface area contributed by atoms with Crippen LogP contribution in [-0.2, 0) is 0 Å². The Kier molecular flexibility index (Phi) is 51.2. The van der Waals surface area contributed by atoms with Gasteiger partial charge in [0.25, 0.3) is 0 Å². The summed E-state index contributed by atoms with van der Waals surface area (Å²) in [5, 5.41) is 0. The summed E-state index contributed by atoms with van der Waals surface area (Å²) in [4.78, 5) is 4.66. The van der Waals surface area contributed by atoms with E-state index in [1.807, 2.05) is 0 Å². The van der Waals surface area contributed by atoms with Crippen LogP contribution >= 0.6 is 35.3 Å². The van der Waals surface area contributed by atoms with E-state index in [-0.39, 0.29) is 0 Å². The average molecular weight is 945 g/mol. The lowest BCUT2D eigenvalue weighted by Crippen LogP contribution is -1.92. The van der Waals surface area contributed by atoms with Crippen molar-refractivity contribution < 1.29 is 0 Å². The van der Waals surface area contributed by atoms with Crippen LogP contribution in [0.5, 0.6) is 0 Å². The number of hydrogen-bond donors (Lipinski definition) is 0. The Morgan fingerprint density at radius 1 is 0.250 bits per heavy atom. The van der Waals surface area contributed by atoms with Gasteiger partial charge >= 0.3 is 0 Å². The molecule has 1 rings (SSSR count). The van der Waals surface area contributed by atoms with Crippen molar-refractivity contribution in [3.8, 4) is 0 Å². The molecule has 0 unspecified atom stereocenters. The van der Waals surface area contributed by atoms with Gasteiger partial charge in [0.15, 0.2) is 0 Å². The van der Waals surface area contributed by atoms with Gasteiger partial charge in [0.2, 0.25) is 0 Å². The van der Waals surface area contributed by atoms with Gasteiger partial charge in [-0.3, -0.25) is 0 Å². The van der Waals surface area contributed by atoms with Crippen molar-refractivity contribution in [1.29, 1.82) is 0 Å². The molecule has 0 atom stereocenters. The van der Waals surface area contributed by atoms with Gasteiger partial charge in [-0.1, -0.05) is 310 Å². The van der Waals surface area contributed by atoms with Crippen LogP contribution < -0.4 is 0 Å². The summed E-state index contributed by atoms with van der Waals surface area (Å²) in [7, 11) is 0. The molecule has 1 aromatic rings. The zero-order valence-electron chi connectivity index (χ0n) is 44.1. The molecule has 0 saturated carbocycles. The van der Waals surface area contributed by atoms with E-state index >= 15 is 0 Å². The Labute approximate surface area is 418 Å². The predicted octanol–water partition coefficient (Wildman–Crippen LogP) is 23.9.